The predicted molar refractivity (Wildman–Crippen MR) is 83.1 cm³/mol. The first-order valence-electron chi connectivity index (χ1n) is 7.52. The molecule has 1 heterocycles. The summed E-state index contributed by atoms with van der Waals surface area (Å²) >= 11 is 0. The van der Waals surface area contributed by atoms with E-state index in [9.17, 15) is 22.8 Å². The van der Waals surface area contributed by atoms with Gasteiger partial charge in [-0.3, -0.25) is 9.59 Å². The molecular formula is C17H13F3N2O4. The molecule has 0 saturated heterocycles. The molecule has 0 fully saturated rings. The number of hydrogen-bond donors (Lipinski definition) is 2. The van der Waals surface area contributed by atoms with Crippen LogP contribution in [0.2, 0.25) is 0 Å². The Bertz CT molecular complexity index is 873. The maximum Gasteiger partial charge on any atom is 0.254 e. The Morgan fingerprint density at radius 2 is 1.73 bits per heavy atom. The molecule has 0 atom stereocenters. The summed E-state index contributed by atoms with van der Waals surface area (Å²) in [6, 6.07) is 6.58. The lowest BCUT2D eigenvalue weighted by Crippen LogP contribution is -2.37. The van der Waals surface area contributed by atoms with Gasteiger partial charge in [-0.05, 0) is 29.8 Å². The molecule has 1 aliphatic rings. The third-order valence-corrected chi connectivity index (χ3v) is 3.62. The molecule has 2 N–H and O–H groups in total. The maximum absolute atomic E-state index is 13.5. The van der Waals surface area contributed by atoms with Crippen molar-refractivity contribution in [1.82, 2.24) is 10.6 Å². The fourth-order valence-corrected chi connectivity index (χ4v) is 2.27. The van der Waals surface area contributed by atoms with Crippen LogP contribution >= 0.6 is 0 Å². The molecule has 0 bridgehead atoms. The summed E-state index contributed by atoms with van der Waals surface area (Å²) in [5.74, 6) is -5.15. The summed E-state index contributed by atoms with van der Waals surface area (Å²) in [6.45, 7) is -0.148. The third-order valence-electron chi connectivity index (χ3n) is 3.62. The number of fused-ring (bicyclic) bond motifs is 1. The summed E-state index contributed by atoms with van der Waals surface area (Å²) < 4.78 is 49.9. The standard InChI is InChI=1S/C17H13F3N2O4/c18-11-3-2-10(15(19)16(11)20)17(24)22-7-14(23)21-6-9-1-4-12-13(5-9)26-8-25-12/h1-5H,6-8H2,(H,21,23)(H,22,24). The van der Waals surface area contributed by atoms with E-state index in [-0.39, 0.29) is 13.3 Å². The van der Waals surface area contributed by atoms with Gasteiger partial charge in [-0.25, -0.2) is 13.2 Å². The van der Waals surface area contributed by atoms with Gasteiger partial charge in [-0.1, -0.05) is 6.07 Å². The summed E-state index contributed by atoms with van der Waals surface area (Å²) in [4.78, 5) is 23.6. The van der Waals surface area contributed by atoms with Crippen molar-refractivity contribution in [3.8, 4) is 11.5 Å². The van der Waals surface area contributed by atoms with E-state index in [4.69, 9.17) is 9.47 Å². The number of hydrogen-bond acceptors (Lipinski definition) is 4. The van der Waals surface area contributed by atoms with Gasteiger partial charge in [0.2, 0.25) is 12.7 Å². The minimum absolute atomic E-state index is 0.137. The molecule has 0 unspecified atom stereocenters. The van der Waals surface area contributed by atoms with E-state index in [1.807, 2.05) is 0 Å². The fourth-order valence-electron chi connectivity index (χ4n) is 2.27. The quantitative estimate of drug-likeness (QED) is 0.793. The Morgan fingerprint density at radius 1 is 0.962 bits per heavy atom. The second-order valence-corrected chi connectivity index (χ2v) is 5.37. The molecular weight excluding hydrogens is 353 g/mol. The maximum atomic E-state index is 13.5. The highest BCUT2D eigenvalue weighted by atomic mass is 19.2. The first-order chi connectivity index (χ1) is 12.5. The Hall–Kier alpha value is -3.23. The van der Waals surface area contributed by atoms with Gasteiger partial charge in [0.15, 0.2) is 29.0 Å². The van der Waals surface area contributed by atoms with Crippen molar-refractivity contribution in [2.45, 2.75) is 6.54 Å². The number of rotatable bonds is 5. The van der Waals surface area contributed by atoms with Crippen molar-refractivity contribution in [2.24, 2.45) is 0 Å². The summed E-state index contributed by atoms with van der Waals surface area (Å²) in [5.41, 5.74) is 0.0630. The Balaban J connectivity index is 1.51. The molecule has 6 nitrogen and oxygen atoms in total. The van der Waals surface area contributed by atoms with Crippen molar-refractivity contribution >= 4 is 11.8 Å². The van der Waals surface area contributed by atoms with E-state index < -0.39 is 41.4 Å². The number of nitrogens with one attached hydrogen (secondary N) is 2. The topological polar surface area (TPSA) is 76.7 Å². The Morgan fingerprint density at radius 3 is 2.54 bits per heavy atom. The van der Waals surface area contributed by atoms with Crippen LogP contribution in [0.5, 0.6) is 11.5 Å². The van der Waals surface area contributed by atoms with E-state index in [2.05, 4.69) is 10.6 Å². The molecule has 26 heavy (non-hydrogen) atoms. The predicted octanol–water partition coefficient (Wildman–Crippen LogP) is 1.88. The van der Waals surface area contributed by atoms with Crippen molar-refractivity contribution in [3.63, 3.8) is 0 Å². The normalized spacial score (nSPS) is 12.0. The van der Waals surface area contributed by atoms with Crippen LogP contribution in [0.4, 0.5) is 13.2 Å². The van der Waals surface area contributed by atoms with E-state index in [1.165, 1.54) is 0 Å². The molecule has 0 spiro atoms. The van der Waals surface area contributed by atoms with Crippen molar-refractivity contribution in [3.05, 3.63) is 58.9 Å². The smallest absolute Gasteiger partial charge is 0.254 e. The minimum atomic E-state index is -1.75. The van der Waals surface area contributed by atoms with Gasteiger partial charge in [0.05, 0.1) is 12.1 Å². The van der Waals surface area contributed by atoms with Crippen LogP contribution in [0.3, 0.4) is 0 Å². The van der Waals surface area contributed by atoms with Gasteiger partial charge < -0.3 is 20.1 Å². The fraction of sp³-hybridized carbons (Fsp3) is 0.176. The molecule has 1 aliphatic heterocycles. The molecule has 136 valence electrons. The highest BCUT2D eigenvalue weighted by Gasteiger charge is 2.19. The third kappa shape index (κ3) is 3.71. The van der Waals surface area contributed by atoms with E-state index >= 15 is 0 Å². The van der Waals surface area contributed by atoms with E-state index in [0.717, 1.165) is 11.6 Å². The van der Waals surface area contributed by atoms with E-state index in [0.29, 0.717) is 17.6 Å². The van der Waals surface area contributed by atoms with Crippen LogP contribution in [0.15, 0.2) is 30.3 Å². The molecule has 3 rings (SSSR count). The molecule has 0 radical (unpaired) electrons. The van der Waals surface area contributed by atoms with Gasteiger partial charge in [0.1, 0.15) is 0 Å². The number of ether oxygens (including phenoxy) is 2. The highest BCUT2D eigenvalue weighted by molar-refractivity contribution is 5.96. The van der Waals surface area contributed by atoms with Crippen LogP contribution < -0.4 is 20.1 Å². The zero-order valence-corrected chi connectivity index (χ0v) is 13.3. The van der Waals surface area contributed by atoms with Crippen LogP contribution in [-0.2, 0) is 11.3 Å². The summed E-state index contributed by atoms with van der Waals surface area (Å²) in [6.07, 6.45) is 0. The largest absolute Gasteiger partial charge is 0.454 e. The van der Waals surface area contributed by atoms with Crippen LogP contribution in [0, 0.1) is 17.5 Å². The summed E-state index contributed by atoms with van der Waals surface area (Å²) in [5, 5.41) is 4.69. The molecule has 2 amide bonds. The first-order valence-corrected chi connectivity index (χ1v) is 7.52. The van der Waals surface area contributed by atoms with Crippen LogP contribution in [0.25, 0.3) is 0 Å². The van der Waals surface area contributed by atoms with Gasteiger partial charge in [-0.15, -0.1) is 0 Å². The zero-order chi connectivity index (χ0) is 18.7. The number of amides is 2. The average Bonchev–Trinajstić information content (AvgIpc) is 3.10. The zero-order valence-electron chi connectivity index (χ0n) is 13.3. The van der Waals surface area contributed by atoms with Crippen molar-refractivity contribution in [1.29, 1.82) is 0 Å². The highest BCUT2D eigenvalue weighted by Crippen LogP contribution is 2.32. The second kappa shape index (κ2) is 7.34. The lowest BCUT2D eigenvalue weighted by Gasteiger charge is -2.08. The number of carbonyl (C=O) groups excluding carboxylic acids is 2. The van der Waals surface area contributed by atoms with Crippen molar-refractivity contribution in [2.75, 3.05) is 13.3 Å². The van der Waals surface area contributed by atoms with Gasteiger partial charge in [0.25, 0.3) is 5.91 Å². The Kier molecular flexibility index (Phi) is 4.97. The van der Waals surface area contributed by atoms with E-state index in [1.54, 1.807) is 18.2 Å². The van der Waals surface area contributed by atoms with Gasteiger partial charge in [0, 0.05) is 6.54 Å². The SMILES string of the molecule is O=C(CNC(=O)c1ccc(F)c(F)c1F)NCc1ccc2c(c1)OCO2. The van der Waals surface area contributed by atoms with Crippen LogP contribution in [0.1, 0.15) is 15.9 Å². The number of halogens is 3. The summed E-state index contributed by atoms with van der Waals surface area (Å²) in [7, 11) is 0. The lowest BCUT2D eigenvalue weighted by atomic mass is 10.2. The number of benzene rings is 2. The molecule has 2 aromatic rings. The Labute approximate surface area is 145 Å². The minimum Gasteiger partial charge on any atom is -0.454 e. The lowest BCUT2D eigenvalue weighted by molar-refractivity contribution is -0.120. The molecule has 0 aromatic heterocycles. The van der Waals surface area contributed by atoms with Crippen molar-refractivity contribution < 1.29 is 32.2 Å². The molecule has 0 saturated carbocycles. The van der Waals surface area contributed by atoms with Crippen LogP contribution in [-0.4, -0.2) is 25.2 Å². The second-order valence-electron chi connectivity index (χ2n) is 5.37. The van der Waals surface area contributed by atoms with Gasteiger partial charge >= 0.3 is 0 Å². The molecule has 0 aliphatic carbocycles. The molecule has 9 heteroatoms. The number of carbonyl (C=O) groups is 2. The molecule has 2 aromatic carbocycles. The monoisotopic (exact) mass is 366 g/mol. The first kappa shape index (κ1) is 17.6. The van der Waals surface area contributed by atoms with Gasteiger partial charge in [-0.2, -0.15) is 0 Å². The average molecular weight is 366 g/mol.